The van der Waals surface area contributed by atoms with Crippen LogP contribution < -0.4 is 10.2 Å². The van der Waals surface area contributed by atoms with Crippen molar-refractivity contribution in [2.24, 2.45) is 5.10 Å². The van der Waals surface area contributed by atoms with Gasteiger partial charge in [-0.3, -0.25) is 0 Å². The average Bonchev–Trinajstić information content (AvgIpc) is 2.53. The molecule has 0 spiro atoms. The number of nitrogens with zero attached hydrogens (tertiary/aromatic N) is 1. The van der Waals surface area contributed by atoms with Crippen molar-refractivity contribution in [3.63, 3.8) is 0 Å². The number of rotatable bonds is 7. The van der Waals surface area contributed by atoms with Crippen molar-refractivity contribution in [3.8, 4) is 5.75 Å². The number of halogens is 2. The summed E-state index contributed by atoms with van der Waals surface area (Å²) in [6.07, 6.45) is 3.43. The van der Waals surface area contributed by atoms with Gasteiger partial charge in [0.25, 0.3) is 0 Å². The van der Waals surface area contributed by atoms with Crippen molar-refractivity contribution in [1.82, 2.24) is 5.43 Å². The summed E-state index contributed by atoms with van der Waals surface area (Å²) in [5.74, 6) is 0.799. The van der Waals surface area contributed by atoms with Crippen molar-refractivity contribution < 1.29 is 4.74 Å². The number of benzene rings is 2. The Bertz CT molecular complexity index is 634. The van der Waals surface area contributed by atoms with Gasteiger partial charge in [-0.05, 0) is 42.0 Å². The van der Waals surface area contributed by atoms with Crippen molar-refractivity contribution in [1.29, 1.82) is 0 Å². The van der Waals surface area contributed by atoms with Crippen molar-refractivity contribution in [3.05, 3.63) is 76.3 Å². The first kappa shape index (κ1) is 16.4. The van der Waals surface area contributed by atoms with E-state index in [1.807, 2.05) is 30.3 Å². The molecule has 0 aliphatic rings. The third kappa shape index (κ3) is 4.79. The minimum absolute atomic E-state index is 0.468. The van der Waals surface area contributed by atoms with Crippen LogP contribution in [0.1, 0.15) is 11.1 Å². The molecule has 0 amide bonds. The molecular formula is C17H16Cl2N2O. The first-order chi connectivity index (χ1) is 10.7. The van der Waals surface area contributed by atoms with Crippen LogP contribution in [0.25, 0.3) is 0 Å². The van der Waals surface area contributed by atoms with Crippen molar-refractivity contribution in [2.75, 3.05) is 6.61 Å². The Labute approximate surface area is 140 Å². The second kappa shape index (κ2) is 8.47. The third-order valence-electron chi connectivity index (χ3n) is 2.87. The zero-order chi connectivity index (χ0) is 15.8. The summed E-state index contributed by atoms with van der Waals surface area (Å²) in [6.45, 7) is 4.57. The molecule has 0 bridgehead atoms. The maximum atomic E-state index is 6.09. The van der Waals surface area contributed by atoms with Crippen LogP contribution in [0, 0.1) is 0 Å². The van der Waals surface area contributed by atoms with Gasteiger partial charge in [-0.2, -0.15) is 5.10 Å². The standard InChI is InChI=1S/C17H16Cl2N2O/c1-2-10-22-14-8-6-13(7-9-14)11-20-21-12-15-16(18)4-3-5-17(15)19/h2-9,11,21H,1,10,12H2/b20-11+. The zero-order valence-electron chi connectivity index (χ0n) is 11.9. The SMILES string of the molecule is C=CCOc1ccc(/C=N/NCc2c(Cl)cccc2Cl)cc1. The maximum Gasteiger partial charge on any atom is 0.119 e. The van der Waals surface area contributed by atoms with E-state index in [1.165, 1.54) is 0 Å². The molecule has 0 saturated heterocycles. The van der Waals surface area contributed by atoms with Gasteiger partial charge in [0.15, 0.2) is 0 Å². The smallest absolute Gasteiger partial charge is 0.119 e. The maximum absolute atomic E-state index is 6.09. The summed E-state index contributed by atoms with van der Waals surface area (Å²) < 4.78 is 5.41. The van der Waals surface area contributed by atoms with E-state index in [0.717, 1.165) is 16.9 Å². The Morgan fingerprint density at radius 2 is 1.77 bits per heavy atom. The first-order valence-corrected chi connectivity index (χ1v) is 7.49. The molecule has 1 N–H and O–H groups in total. The minimum atomic E-state index is 0.468. The average molecular weight is 335 g/mol. The summed E-state index contributed by atoms with van der Waals surface area (Å²) in [5.41, 5.74) is 4.73. The van der Waals surface area contributed by atoms with E-state index in [0.29, 0.717) is 23.2 Å². The molecule has 0 aliphatic heterocycles. The molecule has 22 heavy (non-hydrogen) atoms. The molecule has 2 rings (SSSR count). The topological polar surface area (TPSA) is 33.6 Å². The van der Waals surface area contributed by atoms with Crippen LogP contribution in [0.5, 0.6) is 5.75 Å². The van der Waals surface area contributed by atoms with Crippen LogP contribution >= 0.6 is 23.2 Å². The van der Waals surface area contributed by atoms with Crippen molar-refractivity contribution >= 4 is 29.4 Å². The fraction of sp³-hybridized carbons (Fsp3) is 0.118. The Morgan fingerprint density at radius 1 is 1.09 bits per heavy atom. The van der Waals surface area contributed by atoms with Gasteiger partial charge in [0, 0.05) is 15.6 Å². The number of nitrogens with one attached hydrogen (secondary N) is 1. The van der Waals surface area contributed by atoms with E-state index in [2.05, 4.69) is 17.1 Å². The second-order valence-corrected chi connectivity index (χ2v) is 5.28. The van der Waals surface area contributed by atoms with Crippen LogP contribution in [-0.2, 0) is 6.54 Å². The van der Waals surface area contributed by atoms with Crippen LogP contribution in [-0.4, -0.2) is 12.8 Å². The Balaban J connectivity index is 1.88. The van der Waals surface area contributed by atoms with E-state index in [9.17, 15) is 0 Å². The van der Waals surface area contributed by atoms with Crippen LogP contribution in [0.15, 0.2) is 60.2 Å². The van der Waals surface area contributed by atoms with Gasteiger partial charge in [0.05, 0.1) is 12.8 Å². The highest BCUT2D eigenvalue weighted by Gasteiger charge is 2.03. The zero-order valence-corrected chi connectivity index (χ0v) is 13.4. The molecule has 0 heterocycles. The molecule has 2 aromatic rings. The largest absolute Gasteiger partial charge is 0.490 e. The molecule has 0 atom stereocenters. The van der Waals surface area contributed by atoms with Gasteiger partial charge in [-0.15, -0.1) is 0 Å². The van der Waals surface area contributed by atoms with E-state index >= 15 is 0 Å². The molecule has 0 unspecified atom stereocenters. The molecule has 3 nitrogen and oxygen atoms in total. The Kier molecular flexibility index (Phi) is 6.31. The molecular weight excluding hydrogens is 319 g/mol. The Morgan fingerprint density at radius 3 is 2.41 bits per heavy atom. The van der Waals surface area contributed by atoms with Crippen LogP contribution in [0.4, 0.5) is 0 Å². The summed E-state index contributed by atoms with van der Waals surface area (Å²) >= 11 is 12.2. The molecule has 0 aliphatic carbocycles. The van der Waals surface area contributed by atoms with Gasteiger partial charge < -0.3 is 10.2 Å². The number of hydrogen-bond acceptors (Lipinski definition) is 3. The van der Waals surface area contributed by atoms with Crippen LogP contribution in [0.3, 0.4) is 0 Å². The lowest BCUT2D eigenvalue weighted by Crippen LogP contribution is -2.06. The fourth-order valence-corrected chi connectivity index (χ4v) is 2.28. The van der Waals surface area contributed by atoms with Crippen LogP contribution in [0.2, 0.25) is 10.0 Å². The molecule has 114 valence electrons. The Hall–Kier alpha value is -1.97. The summed E-state index contributed by atoms with van der Waals surface area (Å²) in [7, 11) is 0. The fourth-order valence-electron chi connectivity index (χ4n) is 1.75. The lowest BCUT2D eigenvalue weighted by atomic mass is 10.2. The van der Waals surface area contributed by atoms with Gasteiger partial charge in [0.1, 0.15) is 12.4 Å². The number of ether oxygens (including phenoxy) is 1. The molecule has 5 heteroatoms. The van der Waals surface area contributed by atoms with Crippen molar-refractivity contribution in [2.45, 2.75) is 6.54 Å². The normalized spacial score (nSPS) is 10.6. The molecule has 0 radical (unpaired) electrons. The quantitative estimate of drug-likeness (QED) is 0.453. The van der Waals surface area contributed by atoms with E-state index < -0.39 is 0 Å². The number of hydrazone groups is 1. The molecule has 0 saturated carbocycles. The molecule has 0 fully saturated rings. The lowest BCUT2D eigenvalue weighted by molar-refractivity contribution is 0.363. The van der Waals surface area contributed by atoms with E-state index in [4.69, 9.17) is 27.9 Å². The highest BCUT2D eigenvalue weighted by Crippen LogP contribution is 2.23. The monoisotopic (exact) mass is 334 g/mol. The predicted molar refractivity (Wildman–Crippen MR) is 93.0 cm³/mol. The summed E-state index contributed by atoms with van der Waals surface area (Å²) in [6, 6.07) is 13.0. The van der Waals surface area contributed by atoms with Gasteiger partial charge in [-0.25, -0.2) is 0 Å². The lowest BCUT2D eigenvalue weighted by Gasteiger charge is -2.06. The van der Waals surface area contributed by atoms with E-state index in [-0.39, 0.29) is 0 Å². The third-order valence-corrected chi connectivity index (χ3v) is 3.58. The second-order valence-electron chi connectivity index (χ2n) is 4.46. The summed E-state index contributed by atoms with van der Waals surface area (Å²) in [4.78, 5) is 0. The first-order valence-electron chi connectivity index (χ1n) is 6.73. The highest BCUT2D eigenvalue weighted by atomic mass is 35.5. The minimum Gasteiger partial charge on any atom is -0.490 e. The van der Waals surface area contributed by atoms with Gasteiger partial charge in [-0.1, -0.05) is 41.9 Å². The van der Waals surface area contributed by atoms with E-state index in [1.54, 1.807) is 24.4 Å². The van der Waals surface area contributed by atoms with Gasteiger partial charge in [0.2, 0.25) is 0 Å². The summed E-state index contributed by atoms with van der Waals surface area (Å²) in [5, 5.41) is 5.41. The molecule has 2 aromatic carbocycles. The highest BCUT2D eigenvalue weighted by molar-refractivity contribution is 6.35. The number of hydrogen-bond donors (Lipinski definition) is 1. The molecule has 0 aromatic heterocycles. The predicted octanol–water partition coefficient (Wildman–Crippen LogP) is 4.68. The van der Waals surface area contributed by atoms with Gasteiger partial charge >= 0.3 is 0 Å².